The van der Waals surface area contributed by atoms with Gasteiger partial charge in [-0.15, -0.1) is 0 Å². The number of hydrogen-bond donors (Lipinski definition) is 2. The Labute approximate surface area is 230 Å². The van der Waals surface area contributed by atoms with Crippen molar-refractivity contribution < 1.29 is 4.79 Å². The number of anilines is 3. The predicted molar refractivity (Wildman–Crippen MR) is 153 cm³/mol. The van der Waals surface area contributed by atoms with Gasteiger partial charge in [-0.3, -0.25) is 4.79 Å². The average Bonchev–Trinajstić information content (AvgIpc) is 3.41. The van der Waals surface area contributed by atoms with Crippen LogP contribution in [0.4, 0.5) is 17.5 Å². The first kappa shape index (κ1) is 25.6. The smallest absolute Gasteiger partial charge is 0.246 e. The van der Waals surface area contributed by atoms with Gasteiger partial charge < -0.3 is 25.3 Å². The number of piperidine rings is 1. The molecule has 1 aromatic heterocycles. The molecule has 1 amide bonds. The molecule has 0 radical (unpaired) electrons. The van der Waals surface area contributed by atoms with E-state index in [1.165, 1.54) is 22.9 Å². The third-order valence-corrected chi connectivity index (χ3v) is 8.83. The second-order valence-corrected chi connectivity index (χ2v) is 11.1. The van der Waals surface area contributed by atoms with Crippen LogP contribution in [0.2, 0.25) is 0 Å². The Kier molecular flexibility index (Phi) is 7.38. The van der Waals surface area contributed by atoms with Crippen molar-refractivity contribution >= 4 is 23.4 Å². The fourth-order valence-electron chi connectivity index (χ4n) is 6.80. The van der Waals surface area contributed by atoms with Crippen LogP contribution in [0.1, 0.15) is 42.5 Å². The standard InChI is InChI=1S/C30H38N8O/c1-2-28(39)38-18-17-36(20-24(38)9-13-31)29-25-8-7-23(37-16-12-21-5-3-4-6-27(21)37)19-26(25)34-30(35-29)33-22-10-14-32-15-11-22/h2-6,22-24,32H,1,7-12,14-20H2,(H,33,34,35). The summed E-state index contributed by atoms with van der Waals surface area (Å²) in [7, 11) is 0. The molecule has 4 aliphatic rings. The van der Waals surface area contributed by atoms with Crippen LogP contribution >= 0.6 is 0 Å². The fraction of sp³-hybridized carbons (Fsp3) is 0.533. The number of nitrogens with one attached hydrogen (secondary N) is 2. The summed E-state index contributed by atoms with van der Waals surface area (Å²) in [5.74, 6) is 1.58. The minimum atomic E-state index is -0.182. The van der Waals surface area contributed by atoms with Gasteiger partial charge in [-0.1, -0.05) is 24.8 Å². The van der Waals surface area contributed by atoms with Crippen LogP contribution in [-0.2, 0) is 24.1 Å². The van der Waals surface area contributed by atoms with Crippen LogP contribution < -0.4 is 20.4 Å². The van der Waals surface area contributed by atoms with E-state index in [-0.39, 0.29) is 11.9 Å². The van der Waals surface area contributed by atoms with E-state index in [9.17, 15) is 10.1 Å². The van der Waals surface area contributed by atoms with Crippen LogP contribution in [0.15, 0.2) is 36.9 Å². The molecule has 1 aromatic carbocycles. The summed E-state index contributed by atoms with van der Waals surface area (Å²) in [6, 6.07) is 11.7. The zero-order valence-electron chi connectivity index (χ0n) is 22.6. The van der Waals surface area contributed by atoms with Crippen molar-refractivity contribution in [1.82, 2.24) is 20.2 Å². The molecule has 2 aromatic rings. The van der Waals surface area contributed by atoms with Crippen molar-refractivity contribution in [3.05, 3.63) is 53.7 Å². The van der Waals surface area contributed by atoms with E-state index in [2.05, 4.69) is 57.3 Å². The molecule has 3 aliphatic heterocycles. The molecule has 2 atom stereocenters. The van der Waals surface area contributed by atoms with Gasteiger partial charge in [0.15, 0.2) is 0 Å². The van der Waals surface area contributed by atoms with Crippen LogP contribution in [0.5, 0.6) is 0 Å². The van der Waals surface area contributed by atoms with Crippen molar-refractivity contribution in [1.29, 1.82) is 5.26 Å². The molecule has 0 bridgehead atoms. The number of amides is 1. The molecule has 6 rings (SSSR count). The van der Waals surface area contributed by atoms with E-state index in [1.54, 1.807) is 4.90 Å². The Morgan fingerprint density at radius 2 is 2.00 bits per heavy atom. The zero-order valence-corrected chi connectivity index (χ0v) is 22.6. The van der Waals surface area contributed by atoms with Gasteiger partial charge >= 0.3 is 0 Å². The van der Waals surface area contributed by atoms with Crippen molar-refractivity contribution in [3.8, 4) is 6.07 Å². The van der Waals surface area contributed by atoms with Crippen molar-refractivity contribution in [2.24, 2.45) is 0 Å². The maximum absolute atomic E-state index is 12.5. The summed E-state index contributed by atoms with van der Waals surface area (Å²) in [4.78, 5) is 29.4. The number of benzene rings is 1. The van der Waals surface area contributed by atoms with Crippen LogP contribution in [-0.4, -0.2) is 78.2 Å². The molecule has 9 nitrogen and oxygen atoms in total. The van der Waals surface area contributed by atoms with E-state index in [0.717, 1.165) is 69.7 Å². The molecule has 4 heterocycles. The molecule has 9 heteroatoms. The number of aromatic nitrogens is 2. The lowest BCUT2D eigenvalue weighted by Crippen LogP contribution is -2.55. The summed E-state index contributed by atoms with van der Waals surface area (Å²) in [5.41, 5.74) is 5.18. The van der Waals surface area contributed by atoms with Gasteiger partial charge in [0, 0.05) is 55.9 Å². The third-order valence-electron chi connectivity index (χ3n) is 8.83. The topological polar surface area (TPSA) is 100 Å². The highest BCUT2D eigenvalue weighted by Crippen LogP contribution is 2.37. The highest BCUT2D eigenvalue weighted by molar-refractivity contribution is 5.87. The number of carbonyl (C=O) groups is 1. The van der Waals surface area contributed by atoms with E-state index in [1.807, 2.05) is 0 Å². The first-order valence-electron chi connectivity index (χ1n) is 14.4. The maximum Gasteiger partial charge on any atom is 0.246 e. The second kappa shape index (κ2) is 11.2. The van der Waals surface area contributed by atoms with Gasteiger partial charge in [0.2, 0.25) is 11.9 Å². The van der Waals surface area contributed by atoms with Gasteiger partial charge in [-0.25, -0.2) is 4.98 Å². The Hall–Kier alpha value is -3.64. The molecule has 2 N–H and O–H groups in total. The quantitative estimate of drug-likeness (QED) is 0.555. The first-order chi connectivity index (χ1) is 19.1. The molecule has 0 saturated carbocycles. The first-order valence-corrected chi connectivity index (χ1v) is 14.4. The summed E-state index contributed by atoms with van der Waals surface area (Å²) in [6.45, 7) is 8.55. The van der Waals surface area contributed by atoms with Gasteiger partial charge in [0.25, 0.3) is 0 Å². The average molecular weight is 527 g/mol. The lowest BCUT2D eigenvalue weighted by atomic mass is 9.90. The third kappa shape index (κ3) is 5.18. The molecule has 1 aliphatic carbocycles. The van der Waals surface area contributed by atoms with E-state index in [4.69, 9.17) is 9.97 Å². The zero-order chi connectivity index (χ0) is 26.8. The maximum atomic E-state index is 12.5. The van der Waals surface area contributed by atoms with Crippen LogP contribution in [0.3, 0.4) is 0 Å². The fourth-order valence-corrected chi connectivity index (χ4v) is 6.80. The number of rotatable bonds is 6. The lowest BCUT2D eigenvalue weighted by molar-refractivity contribution is -0.128. The minimum absolute atomic E-state index is 0.110. The van der Waals surface area contributed by atoms with Crippen LogP contribution in [0, 0.1) is 11.3 Å². The monoisotopic (exact) mass is 526 g/mol. The Morgan fingerprint density at radius 1 is 1.15 bits per heavy atom. The Balaban J connectivity index is 1.30. The summed E-state index contributed by atoms with van der Waals surface area (Å²) in [5, 5.41) is 16.6. The van der Waals surface area contributed by atoms with E-state index >= 15 is 0 Å². The molecular weight excluding hydrogens is 488 g/mol. The van der Waals surface area contributed by atoms with Gasteiger partial charge in [-0.05, 0) is 62.9 Å². The minimum Gasteiger partial charge on any atom is -0.368 e. The molecule has 204 valence electrons. The molecule has 0 spiro atoms. The summed E-state index contributed by atoms with van der Waals surface area (Å²) in [6.07, 6.45) is 7.74. The Morgan fingerprint density at radius 3 is 2.82 bits per heavy atom. The van der Waals surface area contributed by atoms with Gasteiger partial charge in [0.1, 0.15) is 5.82 Å². The molecule has 2 fully saturated rings. The van der Waals surface area contributed by atoms with Crippen LogP contribution in [0.25, 0.3) is 0 Å². The number of nitrogens with zero attached hydrogens (tertiary/aromatic N) is 6. The largest absolute Gasteiger partial charge is 0.368 e. The van der Waals surface area contributed by atoms with Crippen molar-refractivity contribution in [2.75, 3.05) is 54.4 Å². The predicted octanol–water partition coefficient (Wildman–Crippen LogP) is 2.68. The van der Waals surface area contributed by atoms with Crippen molar-refractivity contribution in [3.63, 3.8) is 0 Å². The number of nitriles is 1. The Bertz CT molecular complexity index is 1270. The van der Waals surface area contributed by atoms with Gasteiger partial charge in [-0.2, -0.15) is 10.2 Å². The molecule has 2 saturated heterocycles. The molecular formula is C30H38N8O. The number of carbonyl (C=O) groups excluding carboxylic acids is 1. The number of piperazine rings is 1. The highest BCUT2D eigenvalue weighted by Gasteiger charge is 2.35. The highest BCUT2D eigenvalue weighted by atomic mass is 16.2. The number of hydrogen-bond acceptors (Lipinski definition) is 8. The normalized spacial score (nSPS) is 23.1. The van der Waals surface area contributed by atoms with Crippen molar-refractivity contribution in [2.45, 2.75) is 63.1 Å². The van der Waals surface area contributed by atoms with E-state index in [0.29, 0.717) is 44.1 Å². The number of para-hydroxylation sites is 1. The van der Waals surface area contributed by atoms with Gasteiger partial charge in [0.05, 0.1) is 24.2 Å². The molecule has 39 heavy (non-hydrogen) atoms. The number of fused-ring (bicyclic) bond motifs is 2. The summed E-state index contributed by atoms with van der Waals surface area (Å²) < 4.78 is 0. The SMILES string of the molecule is C=CC(=O)N1CCN(c2nc(NC3CCNCC3)nc3c2CCC(N2CCc4ccccc42)C3)CC1CC#N. The van der Waals surface area contributed by atoms with E-state index < -0.39 is 0 Å². The summed E-state index contributed by atoms with van der Waals surface area (Å²) >= 11 is 0. The molecule has 2 unspecified atom stereocenters. The lowest BCUT2D eigenvalue weighted by Gasteiger charge is -2.42. The second-order valence-electron chi connectivity index (χ2n) is 11.1.